The SMILES string of the molecule is c1ccc(-c2nc3ccccc3n2-c2ccc(-c3ccc(-c4cc5c6ccccc6oc5c5c4oc4ccccc45)cc3)cc2)cc1. The second kappa shape index (κ2) is 10.1. The van der Waals surface area contributed by atoms with Gasteiger partial charge in [-0.05, 0) is 59.2 Å². The Bertz CT molecular complexity index is 2770. The third kappa shape index (κ3) is 3.98. The van der Waals surface area contributed by atoms with Crippen LogP contribution < -0.4 is 0 Å². The fourth-order valence-electron chi connectivity index (χ4n) is 6.99. The summed E-state index contributed by atoms with van der Waals surface area (Å²) in [4.78, 5) is 5.00. The number of fused-ring (bicyclic) bond motifs is 8. The van der Waals surface area contributed by atoms with Gasteiger partial charge < -0.3 is 8.83 Å². The highest BCUT2D eigenvalue weighted by Gasteiger charge is 2.20. The fraction of sp³-hybridized carbons (Fsp3) is 0. The first-order valence-corrected chi connectivity index (χ1v) is 15.8. The number of hydrogen-bond donors (Lipinski definition) is 0. The lowest BCUT2D eigenvalue weighted by molar-refractivity contribution is 0.663. The first kappa shape index (κ1) is 25.9. The van der Waals surface area contributed by atoms with Crippen LogP contribution in [0.2, 0.25) is 0 Å². The Morgan fingerprint density at radius 2 is 1.04 bits per heavy atom. The Kier molecular flexibility index (Phi) is 5.54. The van der Waals surface area contributed by atoms with Crippen molar-refractivity contribution in [1.82, 2.24) is 9.55 Å². The van der Waals surface area contributed by atoms with Crippen molar-refractivity contribution in [1.29, 1.82) is 0 Å². The zero-order valence-electron chi connectivity index (χ0n) is 25.2. The van der Waals surface area contributed by atoms with Gasteiger partial charge in [0.1, 0.15) is 28.2 Å². The molecule has 3 heterocycles. The molecule has 0 spiro atoms. The molecule has 0 N–H and O–H groups in total. The van der Waals surface area contributed by atoms with E-state index in [1.165, 1.54) is 0 Å². The van der Waals surface area contributed by atoms with E-state index in [0.29, 0.717) is 0 Å². The molecule has 0 aliphatic heterocycles. The molecule has 4 nitrogen and oxygen atoms in total. The molecule has 220 valence electrons. The molecular weight excluding hydrogens is 576 g/mol. The van der Waals surface area contributed by atoms with Crippen LogP contribution in [-0.2, 0) is 0 Å². The van der Waals surface area contributed by atoms with Gasteiger partial charge in [-0.2, -0.15) is 0 Å². The van der Waals surface area contributed by atoms with Crippen molar-refractivity contribution in [2.45, 2.75) is 0 Å². The van der Waals surface area contributed by atoms with Gasteiger partial charge in [0.2, 0.25) is 0 Å². The molecule has 0 atom stereocenters. The van der Waals surface area contributed by atoms with Crippen molar-refractivity contribution in [2.24, 2.45) is 0 Å². The molecular formula is C43H26N2O2. The van der Waals surface area contributed by atoms with E-state index in [-0.39, 0.29) is 0 Å². The van der Waals surface area contributed by atoms with Gasteiger partial charge in [0.25, 0.3) is 0 Å². The summed E-state index contributed by atoms with van der Waals surface area (Å²) in [6.07, 6.45) is 0. The molecule has 10 aromatic rings. The highest BCUT2D eigenvalue weighted by molar-refractivity contribution is 6.25. The second-order valence-corrected chi connectivity index (χ2v) is 12.0. The summed E-state index contributed by atoms with van der Waals surface area (Å²) in [5.74, 6) is 0.933. The molecule has 7 aromatic carbocycles. The highest BCUT2D eigenvalue weighted by Crippen LogP contribution is 2.44. The number of nitrogens with zero attached hydrogens (tertiary/aromatic N) is 2. The van der Waals surface area contributed by atoms with E-state index in [9.17, 15) is 0 Å². The summed E-state index contributed by atoms with van der Waals surface area (Å²) in [6, 6.07) is 54.8. The van der Waals surface area contributed by atoms with Crippen molar-refractivity contribution in [3.05, 3.63) is 158 Å². The molecule has 3 aromatic heterocycles. The summed E-state index contributed by atoms with van der Waals surface area (Å²) < 4.78 is 15.2. The van der Waals surface area contributed by atoms with Crippen molar-refractivity contribution >= 4 is 54.9 Å². The maximum absolute atomic E-state index is 6.51. The summed E-state index contributed by atoms with van der Waals surface area (Å²) in [5.41, 5.74) is 12.1. The molecule has 0 bridgehead atoms. The van der Waals surface area contributed by atoms with E-state index >= 15 is 0 Å². The molecule has 0 aliphatic rings. The molecule has 0 amide bonds. The summed E-state index contributed by atoms with van der Waals surface area (Å²) >= 11 is 0. The Balaban J connectivity index is 1.07. The van der Waals surface area contributed by atoms with Gasteiger partial charge in [-0.25, -0.2) is 4.98 Å². The van der Waals surface area contributed by atoms with Crippen LogP contribution in [-0.4, -0.2) is 9.55 Å². The Hall–Kier alpha value is -6.39. The third-order valence-corrected chi connectivity index (χ3v) is 9.24. The zero-order valence-corrected chi connectivity index (χ0v) is 25.2. The lowest BCUT2D eigenvalue weighted by atomic mass is 9.96. The van der Waals surface area contributed by atoms with E-state index in [1.807, 2.05) is 36.4 Å². The van der Waals surface area contributed by atoms with Crippen LogP contribution in [0.5, 0.6) is 0 Å². The monoisotopic (exact) mass is 602 g/mol. The van der Waals surface area contributed by atoms with Crippen LogP contribution in [0.15, 0.2) is 167 Å². The predicted octanol–water partition coefficient (Wildman–Crippen LogP) is 11.8. The van der Waals surface area contributed by atoms with E-state index in [1.54, 1.807) is 0 Å². The second-order valence-electron chi connectivity index (χ2n) is 12.0. The van der Waals surface area contributed by atoms with E-state index in [4.69, 9.17) is 13.8 Å². The Morgan fingerprint density at radius 1 is 0.447 bits per heavy atom. The maximum atomic E-state index is 6.51. The number of imidazole rings is 1. The minimum absolute atomic E-state index is 0.844. The molecule has 4 heteroatoms. The lowest BCUT2D eigenvalue weighted by Crippen LogP contribution is -1.97. The molecule has 0 saturated carbocycles. The molecule has 0 saturated heterocycles. The minimum Gasteiger partial charge on any atom is -0.455 e. The van der Waals surface area contributed by atoms with Crippen molar-refractivity contribution in [3.63, 3.8) is 0 Å². The van der Waals surface area contributed by atoms with Gasteiger partial charge in [-0.1, -0.05) is 115 Å². The summed E-state index contributed by atoms with van der Waals surface area (Å²) in [6.45, 7) is 0. The fourth-order valence-corrected chi connectivity index (χ4v) is 6.99. The first-order valence-electron chi connectivity index (χ1n) is 15.8. The van der Waals surface area contributed by atoms with E-state index < -0.39 is 0 Å². The van der Waals surface area contributed by atoms with E-state index in [0.717, 1.165) is 94.2 Å². The van der Waals surface area contributed by atoms with Gasteiger partial charge in [-0.3, -0.25) is 4.57 Å². The molecule has 47 heavy (non-hydrogen) atoms. The van der Waals surface area contributed by atoms with Crippen LogP contribution in [0.1, 0.15) is 0 Å². The average Bonchev–Trinajstić information content (AvgIpc) is 3.83. The maximum Gasteiger partial charge on any atom is 0.147 e. The third-order valence-electron chi connectivity index (χ3n) is 9.24. The topological polar surface area (TPSA) is 44.1 Å². The molecule has 0 radical (unpaired) electrons. The van der Waals surface area contributed by atoms with Crippen molar-refractivity contribution in [3.8, 4) is 39.3 Å². The van der Waals surface area contributed by atoms with Gasteiger partial charge in [0.15, 0.2) is 0 Å². The molecule has 0 fully saturated rings. The standard InChI is InChI=1S/C43H26N2O2/c1-2-10-30(11-3-1)43-44-36-14-6-7-15-37(36)45(43)31-24-22-28(23-25-31)27-18-20-29(21-19-27)34-26-35-32-12-4-8-16-38(32)46-42(35)40-33-13-5-9-17-39(33)47-41(34)40/h1-26H. The Morgan fingerprint density at radius 3 is 1.83 bits per heavy atom. The number of para-hydroxylation sites is 4. The molecule has 0 unspecified atom stereocenters. The van der Waals surface area contributed by atoms with E-state index in [2.05, 4.69) is 126 Å². The van der Waals surface area contributed by atoms with Crippen molar-refractivity contribution < 1.29 is 8.83 Å². The highest BCUT2D eigenvalue weighted by atomic mass is 16.3. The minimum atomic E-state index is 0.844. The predicted molar refractivity (Wildman–Crippen MR) is 192 cm³/mol. The normalized spacial score (nSPS) is 11.8. The van der Waals surface area contributed by atoms with Crippen LogP contribution in [0.4, 0.5) is 0 Å². The quantitative estimate of drug-likeness (QED) is 0.201. The number of aromatic nitrogens is 2. The van der Waals surface area contributed by atoms with Gasteiger partial charge in [0, 0.05) is 33.0 Å². The smallest absolute Gasteiger partial charge is 0.147 e. The number of rotatable bonds is 4. The summed E-state index contributed by atoms with van der Waals surface area (Å²) in [7, 11) is 0. The van der Waals surface area contributed by atoms with Gasteiger partial charge in [0.05, 0.1) is 16.4 Å². The lowest BCUT2D eigenvalue weighted by Gasteiger charge is -2.11. The van der Waals surface area contributed by atoms with Gasteiger partial charge in [-0.15, -0.1) is 0 Å². The Labute approximate surface area is 269 Å². The van der Waals surface area contributed by atoms with Crippen LogP contribution in [0.25, 0.3) is 94.2 Å². The first-order chi connectivity index (χ1) is 23.3. The number of benzene rings is 7. The molecule has 10 rings (SSSR count). The molecule has 0 aliphatic carbocycles. The van der Waals surface area contributed by atoms with Crippen LogP contribution in [0.3, 0.4) is 0 Å². The largest absolute Gasteiger partial charge is 0.455 e. The summed E-state index contributed by atoms with van der Waals surface area (Å²) in [5, 5.41) is 4.28. The van der Waals surface area contributed by atoms with Crippen molar-refractivity contribution in [2.75, 3.05) is 0 Å². The number of hydrogen-bond acceptors (Lipinski definition) is 3. The van der Waals surface area contributed by atoms with Crippen LogP contribution >= 0.6 is 0 Å². The number of furan rings is 2. The van der Waals surface area contributed by atoms with Crippen LogP contribution in [0, 0.1) is 0 Å². The zero-order chi connectivity index (χ0) is 30.9. The van der Waals surface area contributed by atoms with Gasteiger partial charge >= 0.3 is 0 Å². The average molecular weight is 603 g/mol.